The summed E-state index contributed by atoms with van der Waals surface area (Å²) >= 11 is 1.74. The smallest absolute Gasteiger partial charge is 0.0466 e. The van der Waals surface area contributed by atoms with Crippen LogP contribution in [0.15, 0.2) is 48.5 Å². The van der Waals surface area contributed by atoms with Gasteiger partial charge in [-0.3, -0.25) is 0 Å². The molecule has 0 bridgehead atoms. The van der Waals surface area contributed by atoms with Crippen LogP contribution in [-0.4, -0.2) is 26.4 Å². The Balaban J connectivity index is 1.66. The summed E-state index contributed by atoms with van der Waals surface area (Å²) in [5, 5.41) is 3.64. The summed E-state index contributed by atoms with van der Waals surface area (Å²) in [6, 6.07) is 17.8. The van der Waals surface area contributed by atoms with E-state index in [1.54, 1.807) is 11.9 Å². The summed E-state index contributed by atoms with van der Waals surface area (Å²) in [6.45, 7) is 6.75. The number of aryl methyl sites for hydroxylation is 2. The zero-order chi connectivity index (χ0) is 18.8. The van der Waals surface area contributed by atoms with E-state index in [9.17, 15) is 0 Å². The van der Waals surface area contributed by atoms with Gasteiger partial charge in [0.15, 0.2) is 0 Å². The van der Waals surface area contributed by atoms with E-state index in [2.05, 4.69) is 85.3 Å². The van der Waals surface area contributed by atoms with E-state index in [4.69, 9.17) is 0 Å². The first kappa shape index (κ1) is 20.9. The second-order valence-electron chi connectivity index (χ2n) is 7.07. The molecular formula is C23H34N2S. The molecular weight excluding hydrogens is 336 g/mol. The van der Waals surface area contributed by atoms with Crippen molar-refractivity contribution in [1.29, 1.82) is 0 Å². The topological polar surface area (TPSA) is 15.3 Å². The molecule has 0 fully saturated rings. The fraction of sp³-hybridized carbons (Fsp3) is 0.478. The van der Waals surface area contributed by atoms with Gasteiger partial charge in [-0.15, -0.1) is 0 Å². The van der Waals surface area contributed by atoms with Crippen molar-refractivity contribution in [2.45, 2.75) is 39.5 Å². The molecule has 0 saturated carbocycles. The first-order valence-corrected chi connectivity index (χ1v) is 11.0. The van der Waals surface area contributed by atoms with Crippen LogP contribution < -0.4 is 9.62 Å². The fourth-order valence-corrected chi connectivity index (χ4v) is 3.54. The SMILES string of the molecule is CCc1ccccc1CCNCC(C)CCc1ccc(N(C)SC)cc1. The van der Waals surface area contributed by atoms with Crippen molar-refractivity contribution in [1.82, 2.24) is 5.32 Å². The van der Waals surface area contributed by atoms with Crippen molar-refractivity contribution in [3.05, 3.63) is 65.2 Å². The second-order valence-corrected chi connectivity index (χ2v) is 7.98. The molecule has 0 aliphatic carbocycles. The van der Waals surface area contributed by atoms with Gasteiger partial charge in [0, 0.05) is 19.0 Å². The van der Waals surface area contributed by atoms with Crippen LogP contribution in [0.5, 0.6) is 0 Å². The van der Waals surface area contributed by atoms with E-state index in [-0.39, 0.29) is 0 Å². The van der Waals surface area contributed by atoms with E-state index >= 15 is 0 Å². The molecule has 3 heteroatoms. The normalized spacial score (nSPS) is 12.2. The lowest BCUT2D eigenvalue weighted by atomic mass is 10.0. The Morgan fingerprint density at radius 3 is 2.35 bits per heavy atom. The van der Waals surface area contributed by atoms with Gasteiger partial charge in [-0.2, -0.15) is 0 Å². The lowest BCUT2D eigenvalue weighted by Gasteiger charge is -2.16. The minimum atomic E-state index is 0.699. The number of benzene rings is 2. The maximum Gasteiger partial charge on any atom is 0.0466 e. The molecule has 1 N–H and O–H groups in total. The van der Waals surface area contributed by atoms with Crippen LogP contribution >= 0.6 is 11.9 Å². The Labute approximate surface area is 164 Å². The minimum Gasteiger partial charge on any atom is -0.320 e. The monoisotopic (exact) mass is 370 g/mol. The molecule has 26 heavy (non-hydrogen) atoms. The first-order chi connectivity index (χ1) is 12.6. The van der Waals surface area contributed by atoms with E-state index in [0.717, 1.165) is 32.4 Å². The Bertz CT molecular complexity index is 639. The molecule has 2 nitrogen and oxygen atoms in total. The van der Waals surface area contributed by atoms with E-state index in [0.29, 0.717) is 5.92 Å². The molecule has 0 aliphatic rings. The summed E-state index contributed by atoms with van der Waals surface area (Å²) in [5.74, 6) is 0.699. The predicted octanol–water partition coefficient (Wildman–Crippen LogP) is 5.36. The molecule has 0 saturated heterocycles. The van der Waals surface area contributed by atoms with Crippen LogP contribution in [0.4, 0.5) is 5.69 Å². The van der Waals surface area contributed by atoms with Crippen molar-refractivity contribution in [2.24, 2.45) is 5.92 Å². The van der Waals surface area contributed by atoms with E-state index < -0.39 is 0 Å². The highest BCUT2D eigenvalue weighted by Crippen LogP contribution is 2.20. The number of hydrogen-bond acceptors (Lipinski definition) is 3. The van der Waals surface area contributed by atoms with E-state index in [1.165, 1.54) is 28.8 Å². The standard InChI is InChI=1S/C23H34N2S/c1-5-21-8-6-7-9-22(21)16-17-24-18-19(2)10-11-20-12-14-23(15-13-20)25(3)26-4/h6-9,12-15,19,24H,5,10-11,16-18H2,1-4H3. The van der Waals surface area contributed by atoms with Crippen LogP contribution in [0.25, 0.3) is 0 Å². The van der Waals surface area contributed by atoms with Crippen molar-refractivity contribution in [3.63, 3.8) is 0 Å². The van der Waals surface area contributed by atoms with Gasteiger partial charge < -0.3 is 9.62 Å². The number of rotatable bonds is 11. The number of anilines is 1. The number of nitrogens with zero attached hydrogens (tertiary/aromatic N) is 1. The molecule has 0 amide bonds. The highest BCUT2D eigenvalue weighted by molar-refractivity contribution is 7.99. The van der Waals surface area contributed by atoms with Crippen molar-refractivity contribution >= 4 is 17.6 Å². The third-order valence-corrected chi connectivity index (χ3v) is 5.82. The summed E-state index contributed by atoms with van der Waals surface area (Å²) in [4.78, 5) is 0. The molecule has 0 heterocycles. The van der Waals surface area contributed by atoms with Crippen molar-refractivity contribution in [2.75, 3.05) is 30.7 Å². The third-order valence-electron chi connectivity index (χ3n) is 5.06. The molecule has 0 aromatic heterocycles. The fourth-order valence-electron chi connectivity index (χ4n) is 3.21. The van der Waals surface area contributed by atoms with Gasteiger partial charge in [0.2, 0.25) is 0 Å². The first-order valence-electron chi connectivity index (χ1n) is 9.78. The Morgan fingerprint density at radius 1 is 1.00 bits per heavy atom. The number of nitrogens with one attached hydrogen (secondary N) is 1. The van der Waals surface area contributed by atoms with Crippen LogP contribution in [0.2, 0.25) is 0 Å². The second kappa shape index (κ2) is 11.3. The van der Waals surface area contributed by atoms with Gasteiger partial charge in [-0.1, -0.05) is 62.2 Å². The molecule has 0 aliphatic heterocycles. The molecule has 2 aromatic carbocycles. The third kappa shape index (κ3) is 6.69. The Kier molecular flexibility index (Phi) is 9.07. The predicted molar refractivity (Wildman–Crippen MR) is 118 cm³/mol. The summed E-state index contributed by atoms with van der Waals surface area (Å²) in [7, 11) is 2.10. The van der Waals surface area contributed by atoms with Crippen molar-refractivity contribution in [3.8, 4) is 0 Å². The maximum absolute atomic E-state index is 3.64. The van der Waals surface area contributed by atoms with Crippen LogP contribution in [0, 0.1) is 5.92 Å². The minimum absolute atomic E-state index is 0.699. The maximum atomic E-state index is 3.64. The Hall–Kier alpha value is -1.45. The summed E-state index contributed by atoms with van der Waals surface area (Å²) < 4.78 is 2.19. The number of hydrogen-bond donors (Lipinski definition) is 1. The largest absolute Gasteiger partial charge is 0.320 e. The van der Waals surface area contributed by atoms with Crippen LogP contribution in [0.3, 0.4) is 0 Å². The van der Waals surface area contributed by atoms with E-state index in [1.807, 2.05) is 0 Å². The average Bonchev–Trinajstić information content (AvgIpc) is 2.69. The molecule has 1 atom stereocenters. The Morgan fingerprint density at radius 2 is 1.69 bits per heavy atom. The zero-order valence-corrected chi connectivity index (χ0v) is 17.6. The van der Waals surface area contributed by atoms with Gasteiger partial charge in [0.05, 0.1) is 0 Å². The zero-order valence-electron chi connectivity index (χ0n) is 16.8. The average molecular weight is 371 g/mol. The quantitative estimate of drug-likeness (QED) is 0.423. The van der Waals surface area contributed by atoms with Gasteiger partial charge in [-0.25, -0.2) is 0 Å². The highest BCUT2D eigenvalue weighted by Gasteiger charge is 2.05. The van der Waals surface area contributed by atoms with Crippen LogP contribution in [0.1, 0.15) is 37.0 Å². The summed E-state index contributed by atoms with van der Waals surface area (Å²) in [6.07, 6.45) is 6.74. The lowest BCUT2D eigenvalue weighted by Crippen LogP contribution is -2.24. The molecule has 2 rings (SSSR count). The highest BCUT2D eigenvalue weighted by atomic mass is 32.2. The molecule has 1 unspecified atom stereocenters. The molecule has 0 radical (unpaired) electrons. The molecule has 2 aromatic rings. The van der Waals surface area contributed by atoms with Crippen molar-refractivity contribution < 1.29 is 0 Å². The summed E-state index contributed by atoms with van der Waals surface area (Å²) in [5.41, 5.74) is 5.68. The molecule has 142 valence electrons. The van der Waals surface area contributed by atoms with Gasteiger partial charge >= 0.3 is 0 Å². The molecule has 0 spiro atoms. The van der Waals surface area contributed by atoms with Gasteiger partial charge in [0.25, 0.3) is 0 Å². The van der Waals surface area contributed by atoms with Gasteiger partial charge in [0.1, 0.15) is 0 Å². The lowest BCUT2D eigenvalue weighted by molar-refractivity contribution is 0.483. The van der Waals surface area contributed by atoms with Crippen LogP contribution in [-0.2, 0) is 19.3 Å². The van der Waals surface area contributed by atoms with Gasteiger partial charge in [-0.05, 0) is 73.5 Å².